The molecule has 9 nitrogen and oxygen atoms in total. The molecule has 0 amide bonds. The quantitative estimate of drug-likeness (QED) is 0.335. The summed E-state index contributed by atoms with van der Waals surface area (Å²) in [6.45, 7) is 2.01. The fraction of sp³-hybridized carbons (Fsp3) is 0.143. The lowest BCUT2D eigenvalue weighted by Gasteiger charge is -2.26. The third-order valence-corrected chi connectivity index (χ3v) is 6.71. The lowest BCUT2D eigenvalue weighted by molar-refractivity contribution is 0.402. The molecule has 5 heterocycles. The van der Waals surface area contributed by atoms with Crippen LogP contribution in [0.5, 0.6) is 11.8 Å². The van der Waals surface area contributed by atoms with Crippen molar-refractivity contribution in [3.63, 3.8) is 0 Å². The minimum atomic E-state index is -0.211. The molecular weight excluding hydrogens is 466 g/mol. The fourth-order valence-electron chi connectivity index (χ4n) is 4.93. The minimum absolute atomic E-state index is 0.211. The maximum atomic E-state index is 6.48. The van der Waals surface area contributed by atoms with E-state index < -0.39 is 0 Å². The molecule has 182 valence electrons. The number of rotatable bonds is 4. The second-order valence-corrected chi connectivity index (χ2v) is 9.22. The highest BCUT2D eigenvalue weighted by Gasteiger charge is 2.38. The molecule has 1 atom stereocenters. The van der Waals surface area contributed by atoms with Gasteiger partial charge in [-0.3, -0.25) is 0 Å². The van der Waals surface area contributed by atoms with E-state index in [2.05, 4.69) is 39.2 Å². The maximum Gasteiger partial charge on any atom is 0.230 e. The van der Waals surface area contributed by atoms with Crippen LogP contribution in [-0.4, -0.2) is 43.5 Å². The van der Waals surface area contributed by atoms with E-state index >= 15 is 0 Å². The van der Waals surface area contributed by atoms with Crippen molar-refractivity contribution in [3.8, 4) is 29.0 Å². The average molecular weight is 490 g/mol. The molecule has 7 rings (SSSR count). The average Bonchev–Trinajstić information content (AvgIpc) is 3.67. The molecule has 0 unspecified atom stereocenters. The summed E-state index contributed by atoms with van der Waals surface area (Å²) in [5, 5.41) is 9.52. The molecule has 1 aliphatic rings. The van der Waals surface area contributed by atoms with Gasteiger partial charge in [-0.15, -0.1) is 5.10 Å². The third-order valence-electron chi connectivity index (χ3n) is 6.71. The number of nitrogens with zero attached hydrogens (tertiary/aromatic N) is 7. The van der Waals surface area contributed by atoms with Crippen LogP contribution in [0.25, 0.3) is 22.9 Å². The van der Waals surface area contributed by atoms with Crippen LogP contribution in [0.15, 0.2) is 83.7 Å². The molecule has 0 spiro atoms. The lowest BCUT2D eigenvalue weighted by atomic mass is 9.84. The van der Waals surface area contributed by atoms with Crippen molar-refractivity contribution < 1.29 is 9.15 Å². The zero-order chi connectivity index (χ0) is 25.1. The van der Waals surface area contributed by atoms with Crippen molar-refractivity contribution >= 4 is 11.3 Å². The van der Waals surface area contributed by atoms with Gasteiger partial charge in [0.2, 0.25) is 17.6 Å². The first kappa shape index (κ1) is 21.4. The number of hydrogen-bond acceptors (Lipinski definition) is 7. The first-order chi connectivity index (χ1) is 18.1. The van der Waals surface area contributed by atoms with Gasteiger partial charge in [0, 0.05) is 19.8 Å². The van der Waals surface area contributed by atoms with Crippen LogP contribution < -0.4 is 9.64 Å². The maximum absolute atomic E-state index is 6.48. The van der Waals surface area contributed by atoms with Gasteiger partial charge in [0.05, 0.1) is 34.7 Å². The van der Waals surface area contributed by atoms with Crippen molar-refractivity contribution in [2.24, 2.45) is 0 Å². The van der Waals surface area contributed by atoms with E-state index in [1.54, 1.807) is 17.1 Å². The highest BCUT2D eigenvalue weighted by atomic mass is 16.5. The summed E-state index contributed by atoms with van der Waals surface area (Å²) in [5.74, 6) is 2.01. The Morgan fingerprint density at radius 1 is 0.892 bits per heavy atom. The molecule has 0 saturated heterocycles. The van der Waals surface area contributed by atoms with Crippen LogP contribution in [0.2, 0.25) is 0 Å². The molecular formula is C28H23N7O2. The number of benzene rings is 2. The van der Waals surface area contributed by atoms with Crippen LogP contribution in [-0.2, 0) is 0 Å². The molecule has 2 aromatic carbocycles. The van der Waals surface area contributed by atoms with Crippen molar-refractivity contribution in [1.29, 1.82) is 0 Å². The smallest absolute Gasteiger partial charge is 0.230 e. The number of hydrogen-bond donors (Lipinski definition) is 0. The summed E-state index contributed by atoms with van der Waals surface area (Å²) in [6.07, 6.45) is 3.24. The van der Waals surface area contributed by atoms with Crippen LogP contribution in [0.1, 0.15) is 28.3 Å². The molecule has 6 aromatic rings. The molecule has 9 heteroatoms. The van der Waals surface area contributed by atoms with Gasteiger partial charge in [-0.1, -0.05) is 30.3 Å². The SMILES string of the molecule is Cc1nn(-c2ccccc2)c2c1[C@@H](c1ccc(N(C)C)cc1)c1c(ncn3nc(-c4ccco4)nc13)O2. The summed E-state index contributed by atoms with van der Waals surface area (Å²) >= 11 is 0. The number of anilines is 1. The van der Waals surface area contributed by atoms with Gasteiger partial charge in [0.25, 0.3) is 0 Å². The Labute approximate surface area is 212 Å². The van der Waals surface area contributed by atoms with E-state index in [4.69, 9.17) is 19.2 Å². The normalized spacial score (nSPS) is 14.3. The number of aromatic nitrogens is 6. The lowest BCUT2D eigenvalue weighted by Crippen LogP contribution is -2.16. The Morgan fingerprint density at radius 3 is 2.43 bits per heavy atom. The van der Waals surface area contributed by atoms with Gasteiger partial charge in [0.1, 0.15) is 6.33 Å². The van der Waals surface area contributed by atoms with Gasteiger partial charge in [-0.05, 0) is 48.9 Å². The molecule has 0 radical (unpaired) electrons. The Kier molecular flexibility index (Phi) is 4.65. The highest BCUT2D eigenvalue weighted by Crippen LogP contribution is 2.49. The number of aryl methyl sites for hydroxylation is 1. The van der Waals surface area contributed by atoms with Crippen molar-refractivity contribution in [2.75, 3.05) is 19.0 Å². The standard InChI is InChI=1S/C28H23N7O2/c1-17-22-23(18-11-13-19(14-12-18)33(2)3)24-26-30-25(21-10-7-15-36-21)32-34(26)16-29-27(24)37-28(22)35(31-17)20-8-5-4-6-9-20/h4-16,23H,1-3H3/t23-/m1/s1. The van der Waals surface area contributed by atoms with Crippen LogP contribution in [0.3, 0.4) is 0 Å². The summed E-state index contributed by atoms with van der Waals surface area (Å²) in [4.78, 5) is 11.6. The Balaban J connectivity index is 1.49. The van der Waals surface area contributed by atoms with Crippen molar-refractivity contribution in [1.82, 2.24) is 29.4 Å². The van der Waals surface area contributed by atoms with E-state index in [1.165, 1.54) is 0 Å². The highest BCUT2D eigenvalue weighted by molar-refractivity contribution is 5.68. The Hall–Kier alpha value is -4.92. The molecule has 0 N–H and O–H groups in total. The fourth-order valence-corrected chi connectivity index (χ4v) is 4.93. The van der Waals surface area contributed by atoms with E-state index in [-0.39, 0.29) is 5.92 Å². The van der Waals surface area contributed by atoms with Crippen LogP contribution >= 0.6 is 0 Å². The van der Waals surface area contributed by atoms with Gasteiger partial charge in [0.15, 0.2) is 11.4 Å². The predicted molar refractivity (Wildman–Crippen MR) is 139 cm³/mol. The van der Waals surface area contributed by atoms with Gasteiger partial charge >= 0.3 is 0 Å². The number of furan rings is 1. The largest absolute Gasteiger partial charge is 0.461 e. The Bertz CT molecular complexity index is 1730. The summed E-state index contributed by atoms with van der Waals surface area (Å²) < 4.78 is 15.6. The van der Waals surface area contributed by atoms with Crippen molar-refractivity contribution in [3.05, 3.63) is 102 Å². The second kappa shape index (κ2) is 8.06. The van der Waals surface area contributed by atoms with E-state index in [1.807, 2.05) is 68.2 Å². The molecule has 37 heavy (non-hydrogen) atoms. The summed E-state index contributed by atoms with van der Waals surface area (Å²) in [5.41, 5.74) is 6.48. The molecule has 0 aliphatic carbocycles. The van der Waals surface area contributed by atoms with Crippen LogP contribution in [0, 0.1) is 6.92 Å². The minimum Gasteiger partial charge on any atom is -0.461 e. The number of fused-ring (bicyclic) bond motifs is 4. The van der Waals surface area contributed by atoms with Gasteiger partial charge in [-0.25, -0.2) is 19.2 Å². The van der Waals surface area contributed by atoms with E-state index in [9.17, 15) is 0 Å². The zero-order valence-electron chi connectivity index (χ0n) is 20.5. The number of ether oxygens (including phenoxy) is 1. The predicted octanol–water partition coefficient (Wildman–Crippen LogP) is 5.23. The molecule has 1 aliphatic heterocycles. The first-order valence-electron chi connectivity index (χ1n) is 12.0. The van der Waals surface area contributed by atoms with Gasteiger partial charge in [-0.2, -0.15) is 5.10 Å². The second-order valence-electron chi connectivity index (χ2n) is 9.22. The monoisotopic (exact) mass is 489 g/mol. The zero-order valence-corrected chi connectivity index (χ0v) is 20.5. The topological polar surface area (TPSA) is 86.5 Å². The summed E-state index contributed by atoms with van der Waals surface area (Å²) in [6, 6.07) is 22.2. The number of para-hydroxylation sites is 1. The molecule has 4 aromatic heterocycles. The summed E-state index contributed by atoms with van der Waals surface area (Å²) in [7, 11) is 4.06. The molecule has 0 saturated carbocycles. The van der Waals surface area contributed by atoms with Crippen LogP contribution in [0.4, 0.5) is 5.69 Å². The van der Waals surface area contributed by atoms with E-state index in [0.717, 1.165) is 33.8 Å². The molecule has 0 bridgehead atoms. The van der Waals surface area contributed by atoms with E-state index in [0.29, 0.717) is 29.0 Å². The van der Waals surface area contributed by atoms with Crippen molar-refractivity contribution in [2.45, 2.75) is 12.8 Å². The molecule has 0 fully saturated rings. The first-order valence-corrected chi connectivity index (χ1v) is 12.0. The Morgan fingerprint density at radius 2 is 1.70 bits per heavy atom. The van der Waals surface area contributed by atoms with Gasteiger partial charge < -0.3 is 14.1 Å². The third kappa shape index (κ3) is 3.31.